The third-order valence-corrected chi connectivity index (χ3v) is 7.36. The van der Waals surface area contributed by atoms with Crippen LogP contribution in [0.25, 0.3) is 0 Å². The summed E-state index contributed by atoms with van der Waals surface area (Å²) >= 11 is 0. The van der Waals surface area contributed by atoms with E-state index < -0.39 is 29.4 Å². The fourth-order valence-corrected chi connectivity index (χ4v) is 5.41. The third kappa shape index (κ3) is 6.52. The maximum atomic E-state index is 13.5. The van der Waals surface area contributed by atoms with Crippen molar-refractivity contribution in [2.75, 3.05) is 37.6 Å². The first-order valence-corrected chi connectivity index (χ1v) is 12.4. The van der Waals surface area contributed by atoms with E-state index in [1.165, 1.54) is 18.2 Å². The van der Waals surface area contributed by atoms with Gasteiger partial charge in [0.05, 0.1) is 11.1 Å². The predicted molar refractivity (Wildman–Crippen MR) is 130 cm³/mol. The number of piperidine rings is 1. The summed E-state index contributed by atoms with van der Waals surface area (Å²) in [5.41, 5.74) is -1.41. The summed E-state index contributed by atoms with van der Waals surface area (Å²) in [6, 6.07) is 8.76. The van der Waals surface area contributed by atoms with Gasteiger partial charge in [-0.15, -0.1) is 4.91 Å². The highest BCUT2D eigenvalue weighted by Gasteiger charge is 2.36. The third-order valence-electron chi connectivity index (χ3n) is 7.36. The van der Waals surface area contributed by atoms with Crippen molar-refractivity contribution < 1.29 is 31.1 Å². The van der Waals surface area contributed by atoms with Gasteiger partial charge in [0.2, 0.25) is 0 Å². The van der Waals surface area contributed by atoms with E-state index >= 15 is 0 Å². The number of nitroso groups, excluding NO2 is 1. The Bertz CT molecular complexity index is 1130. The quantitative estimate of drug-likeness (QED) is 0.370. The number of alkyl halides is 6. The summed E-state index contributed by atoms with van der Waals surface area (Å²) in [5, 5.41) is 5.58. The Hall–Kier alpha value is -2.99. The molecule has 6 nitrogen and oxygen atoms in total. The summed E-state index contributed by atoms with van der Waals surface area (Å²) in [5.74, 6) is -1.22. The summed E-state index contributed by atoms with van der Waals surface area (Å²) in [4.78, 5) is 26.9. The van der Waals surface area contributed by atoms with E-state index in [1.54, 1.807) is 0 Å². The molecule has 2 saturated heterocycles. The van der Waals surface area contributed by atoms with Crippen LogP contribution in [0.15, 0.2) is 47.6 Å². The molecule has 38 heavy (non-hydrogen) atoms. The monoisotopic (exact) mass is 542 g/mol. The van der Waals surface area contributed by atoms with E-state index in [-0.39, 0.29) is 30.1 Å². The van der Waals surface area contributed by atoms with Crippen LogP contribution in [-0.4, -0.2) is 55.6 Å². The van der Waals surface area contributed by atoms with Crippen LogP contribution in [0.2, 0.25) is 0 Å². The van der Waals surface area contributed by atoms with Crippen molar-refractivity contribution in [2.24, 2.45) is 5.18 Å². The Morgan fingerprint density at radius 1 is 0.921 bits per heavy atom. The van der Waals surface area contributed by atoms with Gasteiger partial charge in [-0.05, 0) is 74.2 Å². The molecule has 1 atom stereocenters. The number of hydrogen-bond donors (Lipinski definition) is 1. The molecule has 0 aromatic heterocycles. The van der Waals surface area contributed by atoms with Gasteiger partial charge in [0, 0.05) is 54.7 Å². The van der Waals surface area contributed by atoms with Gasteiger partial charge in [-0.3, -0.25) is 9.69 Å². The topological polar surface area (TPSA) is 65.0 Å². The molecule has 1 N–H and O–H groups in total. The first-order chi connectivity index (χ1) is 18.0. The van der Waals surface area contributed by atoms with Crippen molar-refractivity contribution in [3.63, 3.8) is 0 Å². The van der Waals surface area contributed by atoms with Crippen LogP contribution in [0.5, 0.6) is 0 Å². The molecule has 2 aromatic rings. The van der Waals surface area contributed by atoms with Gasteiger partial charge in [0.25, 0.3) is 0 Å². The molecule has 0 saturated carbocycles. The second-order valence-corrected chi connectivity index (χ2v) is 9.67. The van der Waals surface area contributed by atoms with Gasteiger partial charge < -0.3 is 10.2 Å². The van der Waals surface area contributed by atoms with Crippen molar-refractivity contribution in [3.05, 3.63) is 69.6 Å². The lowest BCUT2D eigenvalue weighted by Crippen LogP contribution is -2.45. The van der Waals surface area contributed by atoms with Crippen LogP contribution >= 0.6 is 0 Å². The van der Waals surface area contributed by atoms with Gasteiger partial charge in [-0.2, -0.15) is 26.3 Å². The second kappa shape index (κ2) is 11.4. The Kier molecular flexibility index (Phi) is 8.41. The lowest BCUT2D eigenvalue weighted by atomic mass is 9.97. The largest absolute Gasteiger partial charge is 0.416 e. The van der Waals surface area contributed by atoms with Gasteiger partial charge in [-0.1, -0.05) is 6.07 Å². The highest BCUT2D eigenvalue weighted by atomic mass is 19.4. The second-order valence-electron chi connectivity index (χ2n) is 9.67. The fraction of sp³-hybridized carbons (Fsp3) is 0.500. The first-order valence-electron chi connectivity index (χ1n) is 12.4. The summed E-state index contributed by atoms with van der Waals surface area (Å²) < 4.78 is 78.9. The van der Waals surface area contributed by atoms with E-state index in [4.69, 9.17) is 0 Å². The van der Waals surface area contributed by atoms with Crippen molar-refractivity contribution in [1.82, 2.24) is 10.2 Å². The van der Waals surface area contributed by atoms with Gasteiger partial charge in [-0.25, -0.2) is 0 Å². The van der Waals surface area contributed by atoms with Crippen molar-refractivity contribution in [2.45, 2.75) is 50.1 Å². The minimum atomic E-state index is -4.66. The number of likely N-dealkylation sites (tertiary alicyclic amines) is 1. The Morgan fingerprint density at radius 3 is 2.21 bits per heavy atom. The molecule has 1 amide bonds. The fourth-order valence-electron chi connectivity index (χ4n) is 5.41. The van der Waals surface area contributed by atoms with E-state index in [2.05, 4.69) is 20.3 Å². The minimum Gasteiger partial charge on any atom is -0.371 e. The van der Waals surface area contributed by atoms with Crippen LogP contribution in [0.4, 0.5) is 32.0 Å². The van der Waals surface area contributed by atoms with E-state index in [0.717, 1.165) is 75.4 Å². The number of nitrogens with zero attached hydrogens (tertiary/aromatic N) is 3. The number of amides is 1. The maximum absolute atomic E-state index is 13.5. The molecular formula is C26H28F6N4O2. The van der Waals surface area contributed by atoms with Crippen LogP contribution in [0, 0.1) is 4.91 Å². The van der Waals surface area contributed by atoms with Gasteiger partial charge >= 0.3 is 18.3 Å². The van der Waals surface area contributed by atoms with Crippen molar-refractivity contribution in [1.29, 1.82) is 0 Å². The number of anilines is 1. The number of nitrogens with one attached hydrogen (secondary N) is 1. The summed E-state index contributed by atoms with van der Waals surface area (Å²) in [6.45, 7) is 3.21. The standard InChI is InChI=1S/C26H28F6N4O2/c27-25(28,29)17-4-6-19(7-5-17)35-14-10-20(11-15-35)36-13-9-18(16-36)33-12-8-21-22(24(37)34-38)2-1-3-23(21)26(30,31)32/h1-7,18,20,33H,8-16H2/t18-/m1/s1. The molecule has 0 bridgehead atoms. The first kappa shape index (κ1) is 28.0. The zero-order valence-corrected chi connectivity index (χ0v) is 20.5. The van der Waals surface area contributed by atoms with Gasteiger partial charge in [0.15, 0.2) is 0 Å². The SMILES string of the molecule is O=NC(=O)c1cccc(C(F)(F)F)c1CCN[C@@H]1CCN(C2CCN(c3ccc(C(F)(F)F)cc3)CC2)C1. The highest BCUT2D eigenvalue weighted by molar-refractivity contribution is 5.96. The predicted octanol–water partition coefficient (Wildman–Crippen LogP) is 5.51. The Labute approximate surface area is 216 Å². The molecule has 0 radical (unpaired) electrons. The van der Waals surface area contributed by atoms with Crippen LogP contribution in [-0.2, 0) is 18.8 Å². The average Bonchev–Trinajstić information content (AvgIpc) is 3.36. The number of carbonyl (C=O) groups is 1. The number of hydrogen-bond acceptors (Lipinski definition) is 5. The molecule has 2 aliphatic heterocycles. The zero-order valence-electron chi connectivity index (χ0n) is 20.5. The molecule has 0 unspecified atom stereocenters. The average molecular weight is 543 g/mol. The van der Waals surface area contributed by atoms with Crippen LogP contribution in [0.1, 0.15) is 46.3 Å². The van der Waals surface area contributed by atoms with Gasteiger partial charge in [0.1, 0.15) is 0 Å². The molecule has 12 heteroatoms. The number of carbonyl (C=O) groups excluding carboxylic acids is 1. The number of rotatable bonds is 7. The van der Waals surface area contributed by atoms with Crippen molar-refractivity contribution in [3.8, 4) is 0 Å². The number of benzene rings is 2. The summed E-state index contributed by atoms with van der Waals surface area (Å²) in [6.07, 6.45) is -6.56. The Morgan fingerprint density at radius 2 is 1.61 bits per heavy atom. The molecule has 206 valence electrons. The lowest BCUT2D eigenvalue weighted by Gasteiger charge is -2.38. The van der Waals surface area contributed by atoms with E-state index in [1.807, 2.05) is 0 Å². The molecule has 4 rings (SSSR count). The van der Waals surface area contributed by atoms with E-state index in [0.29, 0.717) is 6.04 Å². The Balaban J connectivity index is 1.28. The normalized spacial score (nSPS) is 19.6. The highest BCUT2D eigenvalue weighted by Crippen LogP contribution is 2.34. The lowest BCUT2D eigenvalue weighted by molar-refractivity contribution is -0.138. The molecule has 0 aliphatic carbocycles. The molecule has 2 fully saturated rings. The zero-order chi connectivity index (χ0) is 27.5. The van der Waals surface area contributed by atoms with Crippen LogP contribution < -0.4 is 10.2 Å². The molecule has 2 heterocycles. The smallest absolute Gasteiger partial charge is 0.371 e. The molecule has 2 aliphatic rings. The van der Waals surface area contributed by atoms with E-state index in [9.17, 15) is 36.0 Å². The number of halogens is 6. The van der Waals surface area contributed by atoms with Crippen molar-refractivity contribution >= 4 is 11.6 Å². The molecule has 0 spiro atoms. The maximum Gasteiger partial charge on any atom is 0.416 e. The minimum absolute atomic E-state index is 0.0735. The molecule has 2 aromatic carbocycles. The summed E-state index contributed by atoms with van der Waals surface area (Å²) in [7, 11) is 0. The molecular weight excluding hydrogens is 514 g/mol. The van der Waals surface area contributed by atoms with Crippen LogP contribution in [0.3, 0.4) is 0 Å².